The molecule has 0 saturated carbocycles. The highest BCUT2D eigenvalue weighted by molar-refractivity contribution is 5.65. The number of ether oxygens (including phenoxy) is 1. The number of nitrogens with two attached hydrogens (primary N) is 1. The summed E-state index contributed by atoms with van der Waals surface area (Å²) in [5.41, 5.74) is 11.0. The van der Waals surface area contributed by atoms with Crippen LogP contribution in [0.5, 0.6) is 0 Å². The quantitative estimate of drug-likeness (QED) is 0.807. The Hall–Kier alpha value is -2.00. The standard InChI is InChI=1S/C15H18N2O/c1-11-6-7-14(9-15(11)16)17-13-5-3-4-12(8-13)10-18-2/h3-9,17H,10,16H2,1-2H3. The third kappa shape index (κ3) is 3.02. The van der Waals surface area contributed by atoms with Crippen LogP contribution in [0.2, 0.25) is 0 Å². The third-order valence-corrected chi connectivity index (χ3v) is 2.81. The van der Waals surface area contributed by atoms with E-state index in [0.29, 0.717) is 6.61 Å². The van der Waals surface area contributed by atoms with E-state index < -0.39 is 0 Å². The average Bonchev–Trinajstić information content (AvgIpc) is 2.35. The van der Waals surface area contributed by atoms with Gasteiger partial charge in [-0.25, -0.2) is 0 Å². The van der Waals surface area contributed by atoms with Gasteiger partial charge in [-0.3, -0.25) is 0 Å². The lowest BCUT2D eigenvalue weighted by molar-refractivity contribution is 0.185. The Kier molecular flexibility index (Phi) is 3.85. The highest BCUT2D eigenvalue weighted by Crippen LogP contribution is 2.22. The highest BCUT2D eigenvalue weighted by Gasteiger charge is 1.99. The van der Waals surface area contributed by atoms with Gasteiger partial charge in [0, 0.05) is 24.2 Å². The first-order valence-electron chi connectivity index (χ1n) is 5.90. The number of methoxy groups -OCH3 is 1. The van der Waals surface area contributed by atoms with Crippen LogP contribution >= 0.6 is 0 Å². The van der Waals surface area contributed by atoms with E-state index in [-0.39, 0.29) is 0 Å². The summed E-state index contributed by atoms with van der Waals surface area (Å²) in [7, 11) is 1.70. The lowest BCUT2D eigenvalue weighted by Gasteiger charge is -2.10. The third-order valence-electron chi connectivity index (χ3n) is 2.81. The van der Waals surface area contributed by atoms with E-state index in [0.717, 1.165) is 28.2 Å². The van der Waals surface area contributed by atoms with E-state index in [1.54, 1.807) is 7.11 Å². The van der Waals surface area contributed by atoms with Crippen molar-refractivity contribution in [2.45, 2.75) is 13.5 Å². The lowest BCUT2D eigenvalue weighted by Crippen LogP contribution is -1.95. The van der Waals surface area contributed by atoms with E-state index >= 15 is 0 Å². The molecule has 0 unspecified atom stereocenters. The minimum Gasteiger partial charge on any atom is -0.398 e. The van der Waals surface area contributed by atoms with Crippen molar-refractivity contribution < 1.29 is 4.74 Å². The molecule has 0 amide bonds. The van der Waals surface area contributed by atoms with Crippen molar-refractivity contribution in [2.75, 3.05) is 18.2 Å². The summed E-state index contributed by atoms with van der Waals surface area (Å²) in [6.45, 7) is 2.61. The van der Waals surface area contributed by atoms with Crippen molar-refractivity contribution in [3.05, 3.63) is 53.6 Å². The summed E-state index contributed by atoms with van der Waals surface area (Å²) >= 11 is 0. The van der Waals surface area contributed by atoms with Gasteiger partial charge < -0.3 is 15.8 Å². The molecule has 94 valence electrons. The van der Waals surface area contributed by atoms with Crippen LogP contribution in [-0.2, 0) is 11.3 Å². The monoisotopic (exact) mass is 242 g/mol. The Bertz CT molecular complexity index is 538. The van der Waals surface area contributed by atoms with Crippen molar-refractivity contribution in [3.8, 4) is 0 Å². The van der Waals surface area contributed by atoms with Crippen molar-refractivity contribution in [1.82, 2.24) is 0 Å². The number of benzene rings is 2. The van der Waals surface area contributed by atoms with Gasteiger partial charge in [-0.05, 0) is 42.3 Å². The molecule has 0 heterocycles. The van der Waals surface area contributed by atoms with Crippen LogP contribution in [0.4, 0.5) is 17.1 Å². The first kappa shape index (κ1) is 12.5. The maximum atomic E-state index is 5.89. The van der Waals surface area contributed by atoms with Crippen LogP contribution in [0.1, 0.15) is 11.1 Å². The van der Waals surface area contributed by atoms with E-state index in [9.17, 15) is 0 Å². The molecular formula is C15H18N2O. The Balaban J connectivity index is 2.17. The molecular weight excluding hydrogens is 224 g/mol. The molecule has 0 radical (unpaired) electrons. The Morgan fingerprint density at radius 1 is 1.11 bits per heavy atom. The van der Waals surface area contributed by atoms with Crippen molar-refractivity contribution in [3.63, 3.8) is 0 Å². The van der Waals surface area contributed by atoms with Crippen LogP contribution in [0.3, 0.4) is 0 Å². The second-order valence-corrected chi connectivity index (χ2v) is 4.33. The van der Waals surface area contributed by atoms with Gasteiger partial charge in [0.25, 0.3) is 0 Å². The van der Waals surface area contributed by atoms with E-state index in [4.69, 9.17) is 10.5 Å². The van der Waals surface area contributed by atoms with E-state index in [1.165, 1.54) is 0 Å². The SMILES string of the molecule is COCc1cccc(Nc2ccc(C)c(N)c2)c1. The largest absolute Gasteiger partial charge is 0.398 e. The maximum absolute atomic E-state index is 5.89. The number of aryl methyl sites for hydroxylation is 1. The van der Waals surface area contributed by atoms with Gasteiger partial charge in [0.2, 0.25) is 0 Å². The topological polar surface area (TPSA) is 47.3 Å². The molecule has 3 nitrogen and oxygen atoms in total. The zero-order valence-corrected chi connectivity index (χ0v) is 10.7. The smallest absolute Gasteiger partial charge is 0.0713 e. The normalized spacial score (nSPS) is 10.3. The number of hydrogen-bond acceptors (Lipinski definition) is 3. The summed E-state index contributed by atoms with van der Waals surface area (Å²) in [4.78, 5) is 0. The molecule has 0 aliphatic heterocycles. The van der Waals surface area contributed by atoms with E-state index in [2.05, 4.69) is 11.4 Å². The molecule has 0 saturated heterocycles. The molecule has 2 rings (SSSR count). The van der Waals surface area contributed by atoms with Crippen LogP contribution in [0.25, 0.3) is 0 Å². The second-order valence-electron chi connectivity index (χ2n) is 4.33. The van der Waals surface area contributed by atoms with Crippen molar-refractivity contribution >= 4 is 17.1 Å². The van der Waals surface area contributed by atoms with Gasteiger partial charge >= 0.3 is 0 Å². The van der Waals surface area contributed by atoms with Gasteiger partial charge in [-0.1, -0.05) is 18.2 Å². The molecule has 0 bridgehead atoms. The highest BCUT2D eigenvalue weighted by atomic mass is 16.5. The first-order chi connectivity index (χ1) is 8.69. The summed E-state index contributed by atoms with van der Waals surface area (Å²) in [6, 6.07) is 14.1. The molecule has 0 spiro atoms. The Labute approximate surface area is 108 Å². The zero-order valence-electron chi connectivity index (χ0n) is 10.7. The van der Waals surface area contributed by atoms with E-state index in [1.807, 2.05) is 43.3 Å². The summed E-state index contributed by atoms with van der Waals surface area (Å²) < 4.78 is 5.12. The van der Waals surface area contributed by atoms with Gasteiger partial charge in [0.05, 0.1) is 6.61 Å². The first-order valence-corrected chi connectivity index (χ1v) is 5.90. The van der Waals surface area contributed by atoms with Gasteiger partial charge in [-0.15, -0.1) is 0 Å². The van der Waals surface area contributed by atoms with Crippen LogP contribution in [0.15, 0.2) is 42.5 Å². The fraction of sp³-hybridized carbons (Fsp3) is 0.200. The number of anilines is 3. The summed E-state index contributed by atoms with van der Waals surface area (Å²) in [5.74, 6) is 0. The molecule has 2 aromatic carbocycles. The maximum Gasteiger partial charge on any atom is 0.0713 e. The van der Waals surface area contributed by atoms with Gasteiger partial charge in [-0.2, -0.15) is 0 Å². The predicted molar refractivity (Wildman–Crippen MR) is 76.0 cm³/mol. The average molecular weight is 242 g/mol. The molecule has 0 aromatic heterocycles. The molecule has 3 N–H and O–H groups in total. The van der Waals surface area contributed by atoms with Crippen molar-refractivity contribution in [1.29, 1.82) is 0 Å². The summed E-state index contributed by atoms with van der Waals surface area (Å²) in [5, 5.41) is 3.34. The number of hydrogen-bond donors (Lipinski definition) is 2. The molecule has 2 aromatic rings. The molecule has 18 heavy (non-hydrogen) atoms. The fourth-order valence-electron chi connectivity index (χ4n) is 1.79. The number of nitrogens with one attached hydrogen (secondary N) is 1. The molecule has 0 aliphatic rings. The summed E-state index contributed by atoms with van der Waals surface area (Å²) in [6.07, 6.45) is 0. The Morgan fingerprint density at radius 3 is 2.61 bits per heavy atom. The van der Waals surface area contributed by atoms with Crippen LogP contribution in [0, 0.1) is 6.92 Å². The minimum absolute atomic E-state index is 0.617. The predicted octanol–water partition coefficient (Wildman–Crippen LogP) is 3.47. The lowest BCUT2D eigenvalue weighted by atomic mass is 10.1. The molecule has 0 aliphatic carbocycles. The fourth-order valence-corrected chi connectivity index (χ4v) is 1.79. The van der Waals surface area contributed by atoms with Crippen LogP contribution in [-0.4, -0.2) is 7.11 Å². The number of nitrogen functional groups attached to an aromatic ring is 1. The second kappa shape index (κ2) is 5.56. The van der Waals surface area contributed by atoms with Gasteiger partial charge in [0.15, 0.2) is 0 Å². The van der Waals surface area contributed by atoms with Gasteiger partial charge in [0.1, 0.15) is 0 Å². The molecule has 0 atom stereocenters. The van der Waals surface area contributed by atoms with Crippen molar-refractivity contribution in [2.24, 2.45) is 0 Å². The van der Waals surface area contributed by atoms with Crippen LogP contribution < -0.4 is 11.1 Å². The minimum atomic E-state index is 0.617. The molecule has 3 heteroatoms. The Morgan fingerprint density at radius 2 is 1.89 bits per heavy atom. The number of rotatable bonds is 4. The zero-order chi connectivity index (χ0) is 13.0. The molecule has 0 fully saturated rings.